The average molecular weight is 243 g/mol. The first-order valence-corrected chi connectivity index (χ1v) is 5.96. The largest absolute Gasteiger partial charge is 0.491 e. The topological polar surface area (TPSA) is 47.0 Å². The van der Waals surface area contributed by atoms with E-state index >= 15 is 0 Å². The van der Waals surface area contributed by atoms with E-state index in [2.05, 4.69) is 34.3 Å². The van der Waals surface area contributed by atoms with E-state index in [9.17, 15) is 0 Å². The molecular weight excluding hydrogens is 226 g/mol. The second-order valence-corrected chi connectivity index (χ2v) is 4.00. The number of ether oxygens (including phenoxy) is 1. The van der Waals surface area contributed by atoms with Crippen molar-refractivity contribution in [1.29, 1.82) is 0 Å². The van der Waals surface area contributed by atoms with Crippen LogP contribution in [0.1, 0.15) is 12.5 Å². The lowest BCUT2D eigenvalue weighted by molar-refractivity contribution is 0.414. The summed E-state index contributed by atoms with van der Waals surface area (Å²) in [5.74, 6) is 1.41. The predicted molar refractivity (Wildman–Crippen MR) is 72.9 cm³/mol. The minimum atomic E-state index is 0.684. The number of hydrogen-bond donors (Lipinski definition) is 1. The van der Waals surface area contributed by atoms with E-state index in [1.165, 1.54) is 5.56 Å². The Kier molecular flexibility index (Phi) is 3.77. The molecule has 0 bridgehead atoms. The lowest BCUT2D eigenvalue weighted by Gasteiger charge is -2.12. The van der Waals surface area contributed by atoms with Gasteiger partial charge in [0.25, 0.3) is 0 Å². The van der Waals surface area contributed by atoms with Crippen LogP contribution in [0.5, 0.6) is 5.75 Å². The SMILES string of the molecule is CCNc1ncnc(-c2ccc(C)cc2)c1OC. The average Bonchev–Trinajstić information content (AvgIpc) is 2.40. The molecule has 0 saturated heterocycles. The molecule has 94 valence electrons. The van der Waals surface area contributed by atoms with Crippen molar-refractivity contribution < 1.29 is 4.74 Å². The minimum absolute atomic E-state index is 0.684. The number of hydrogen-bond acceptors (Lipinski definition) is 4. The van der Waals surface area contributed by atoms with E-state index in [0.717, 1.165) is 23.6 Å². The van der Waals surface area contributed by atoms with Crippen molar-refractivity contribution in [2.45, 2.75) is 13.8 Å². The van der Waals surface area contributed by atoms with Gasteiger partial charge in [-0.2, -0.15) is 0 Å². The van der Waals surface area contributed by atoms with Gasteiger partial charge in [0.1, 0.15) is 12.0 Å². The molecule has 0 saturated carbocycles. The van der Waals surface area contributed by atoms with Crippen molar-refractivity contribution in [2.24, 2.45) is 0 Å². The van der Waals surface area contributed by atoms with Gasteiger partial charge in [0.05, 0.1) is 7.11 Å². The van der Waals surface area contributed by atoms with Gasteiger partial charge < -0.3 is 10.1 Å². The van der Waals surface area contributed by atoms with Gasteiger partial charge >= 0.3 is 0 Å². The molecule has 1 heterocycles. The number of aryl methyl sites for hydroxylation is 1. The molecule has 0 unspecified atom stereocenters. The third-order valence-electron chi connectivity index (χ3n) is 2.68. The summed E-state index contributed by atoms with van der Waals surface area (Å²) in [4.78, 5) is 8.51. The van der Waals surface area contributed by atoms with Gasteiger partial charge in [-0.25, -0.2) is 9.97 Å². The number of anilines is 1. The Balaban J connectivity index is 2.49. The van der Waals surface area contributed by atoms with E-state index in [-0.39, 0.29) is 0 Å². The van der Waals surface area contributed by atoms with Crippen LogP contribution in [0, 0.1) is 6.92 Å². The maximum Gasteiger partial charge on any atom is 0.187 e. The second-order valence-electron chi connectivity index (χ2n) is 4.00. The normalized spacial score (nSPS) is 10.2. The number of methoxy groups -OCH3 is 1. The fourth-order valence-corrected chi connectivity index (χ4v) is 1.78. The summed E-state index contributed by atoms with van der Waals surface area (Å²) < 4.78 is 5.43. The van der Waals surface area contributed by atoms with E-state index in [0.29, 0.717) is 5.75 Å². The van der Waals surface area contributed by atoms with Gasteiger partial charge in [0, 0.05) is 12.1 Å². The third-order valence-corrected chi connectivity index (χ3v) is 2.68. The Hall–Kier alpha value is -2.10. The molecule has 0 spiro atoms. The molecule has 0 aliphatic carbocycles. The van der Waals surface area contributed by atoms with Crippen LogP contribution in [0.2, 0.25) is 0 Å². The second kappa shape index (κ2) is 5.49. The van der Waals surface area contributed by atoms with Crippen molar-refractivity contribution in [1.82, 2.24) is 9.97 Å². The van der Waals surface area contributed by atoms with Crippen LogP contribution in [-0.2, 0) is 0 Å². The highest BCUT2D eigenvalue weighted by Gasteiger charge is 2.12. The number of rotatable bonds is 4. The third kappa shape index (κ3) is 2.42. The highest BCUT2D eigenvalue weighted by atomic mass is 16.5. The quantitative estimate of drug-likeness (QED) is 0.897. The molecule has 18 heavy (non-hydrogen) atoms. The first-order chi connectivity index (χ1) is 8.76. The summed E-state index contributed by atoms with van der Waals surface area (Å²) in [7, 11) is 1.64. The van der Waals surface area contributed by atoms with E-state index in [1.807, 2.05) is 19.1 Å². The molecule has 0 fully saturated rings. The molecule has 0 radical (unpaired) electrons. The van der Waals surface area contributed by atoms with Crippen molar-refractivity contribution >= 4 is 5.82 Å². The van der Waals surface area contributed by atoms with Crippen LogP contribution < -0.4 is 10.1 Å². The molecule has 0 atom stereocenters. The Bertz CT molecular complexity index is 523. The first-order valence-electron chi connectivity index (χ1n) is 5.96. The zero-order valence-electron chi connectivity index (χ0n) is 10.9. The fraction of sp³-hybridized carbons (Fsp3) is 0.286. The standard InChI is InChI=1S/C14H17N3O/c1-4-15-14-13(18-3)12(16-9-17-14)11-7-5-10(2)6-8-11/h5-9H,4H2,1-3H3,(H,15,16,17). The van der Waals surface area contributed by atoms with Crippen LogP contribution >= 0.6 is 0 Å². The monoisotopic (exact) mass is 243 g/mol. The number of benzene rings is 1. The Morgan fingerprint density at radius 2 is 1.89 bits per heavy atom. The number of nitrogens with zero attached hydrogens (tertiary/aromatic N) is 2. The van der Waals surface area contributed by atoms with Crippen molar-refractivity contribution in [2.75, 3.05) is 19.0 Å². The molecule has 1 aromatic heterocycles. The van der Waals surface area contributed by atoms with Gasteiger partial charge in [0.15, 0.2) is 11.6 Å². The molecule has 0 amide bonds. The van der Waals surface area contributed by atoms with Crippen molar-refractivity contribution in [3.05, 3.63) is 36.2 Å². The van der Waals surface area contributed by atoms with E-state index < -0.39 is 0 Å². The smallest absolute Gasteiger partial charge is 0.187 e. The summed E-state index contributed by atoms with van der Waals surface area (Å²) in [6, 6.07) is 8.19. The highest BCUT2D eigenvalue weighted by Crippen LogP contribution is 2.32. The fourth-order valence-electron chi connectivity index (χ4n) is 1.78. The maximum atomic E-state index is 5.43. The zero-order valence-corrected chi connectivity index (χ0v) is 10.9. The Morgan fingerprint density at radius 3 is 2.50 bits per heavy atom. The Labute approximate surface area is 107 Å². The molecular formula is C14H17N3O. The van der Waals surface area contributed by atoms with E-state index in [1.54, 1.807) is 13.4 Å². The molecule has 0 aliphatic rings. The summed E-state index contributed by atoms with van der Waals surface area (Å²) in [5.41, 5.74) is 3.06. The first kappa shape index (κ1) is 12.4. The van der Waals surface area contributed by atoms with Crippen LogP contribution in [0.15, 0.2) is 30.6 Å². The molecule has 1 N–H and O–H groups in total. The van der Waals surface area contributed by atoms with Crippen LogP contribution in [0.4, 0.5) is 5.82 Å². The lowest BCUT2D eigenvalue weighted by atomic mass is 10.1. The molecule has 4 nitrogen and oxygen atoms in total. The lowest BCUT2D eigenvalue weighted by Crippen LogP contribution is -2.04. The molecule has 2 rings (SSSR count). The number of aromatic nitrogens is 2. The maximum absolute atomic E-state index is 5.43. The highest BCUT2D eigenvalue weighted by molar-refractivity contribution is 5.72. The van der Waals surface area contributed by atoms with Gasteiger partial charge in [-0.05, 0) is 13.8 Å². The predicted octanol–water partition coefficient (Wildman–Crippen LogP) is 2.89. The Morgan fingerprint density at radius 1 is 1.17 bits per heavy atom. The molecule has 4 heteroatoms. The zero-order chi connectivity index (χ0) is 13.0. The molecule has 1 aromatic carbocycles. The number of nitrogens with one attached hydrogen (secondary N) is 1. The van der Waals surface area contributed by atoms with Gasteiger partial charge in [-0.1, -0.05) is 29.8 Å². The summed E-state index contributed by atoms with van der Waals surface area (Å²) in [5, 5.41) is 3.17. The van der Waals surface area contributed by atoms with E-state index in [4.69, 9.17) is 4.74 Å². The van der Waals surface area contributed by atoms with Gasteiger partial charge in [-0.3, -0.25) is 0 Å². The summed E-state index contributed by atoms with van der Waals surface area (Å²) >= 11 is 0. The van der Waals surface area contributed by atoms with Crippen LogP contribution in [-0.4, -0.2) is 23.6 Å². The minimum Gasteiger partial charge on any atom is -0.491 e. The van der Waals surface area contributed by atoms with Gasteiger partial charge in [0.2, 0.25) is 0 Å². The van der Waals surface area contributed by atoms with Crippen molar-refractivity contribution in [3.63, 3.8) is 0 Å². The van der Waals surface area contributed by atoms with Gasteiger partial charge in [-0.15, -0.1) is 0 Å². The summed E-state index contributed by atoms with van der Waals surface area (Å²) in [6.45, 7) is 4.87. The molecule has 2 aromatic rings. The van der Waals surface area contributed by atoms with Crippen LogP contribution in [0.3, 0.4) is 0 Å². The summed E-state index contributed by atoms with van der Waals surface area (Å²) in [6.07, 6.45) is 1.55. The molecule has 0 aliphatic heterocycles. The van der Waals surface area contributed by atoms with Crippen molar-refractivity contribution in [3.8, 4) is 17.0 Å². The van der Waals surface area contributed by atoms with Crippen LogP contribution in [0.25, 0.3) is 11.3 Å².